The van der Waals surface area contributed by atoms with E-state index in [2.05, 4.69) is 22.2 Å². The molecule has 0 bridgehead atoms. The summed E-state index contributed by atoms with van der Waals surface area (Å²) in [6.07, 6.45) is 0.402. The first-order valence-electron chi connectivity index (χ1n) is 11.6. The van der Waals surface area contributed by atoms with Gasteiger partial charge < -0.3 is 24.6 Å². The topological polar surface area (TPSA) is 69.6 Å². The number of carbonyl (C=O) groups is 1. The van der Waals surface area contributed by atoms with Gasteiger partial charge in [0.2, 0.25) is 0 Å². The smallest absolute Gasteiger partial charge is 0.387 e. The van der Waals surface area contributed by atoms with Gasteiger partial charge in [0.05, 0.1) is 18.9 Å². The zero-order valence-corrected chi connectivity index (χ0v) is 20.4. The number of anilines is 1. The third-order valence-electron chi connectivity index (χ3n) is 6.43. The van der Waals surface area contributed by atoms with Crippen LogP contribution in [-0.4, -0.2) is 81.7 Å². The summed E-state index contributed by atoms with van der Waals surface area (Å²) < 4.78 is 36.1. The number of amides is 2. The van der Waals surface area contributed by atoms with Crippen LogP contribution in [0.5, 0.6) is 11.5 Å². The fraction of sp³-hybridized carbons (Fsp3) is 0.440. The van der Waals surface area contributed by atoms with Crippen molar-refractivity contribution in [3.8, 4) is 11.5 Å². The van der Waals surface area contributed by atoms with Gasteiger partial charge in [-0.15, -0.1) is 0 Å². The van der Waals surface area contributed by atoms with E-state index in [9.17, 15) is 13.6 Å². The number of benzene rings is 2. The van der Waals surface area contributed by atoms with Crippen LogP contribution in [-0.2, 0) is 6.42 Å². The SMILES string of the molecule is CNC(=O)N1N=C(c2ccc(N3CCN(C)CC3)cc2)c2cc(OC)c(OC(F)F)cc2C[C@H]1C. The van der Waals surface area contributed by atoms with Gasteiger partial charge in [-0.2, -0.15) is 13.9 Å². The molecule has 2 aliphatic heterocycles. The molecule has 0 unspecified atom stereocenters. The van der Waals surface area contributed by atoms with Gasteiger partial charge >= 0.3 is 12.6 Å². The van der Waals surface area contributed by atoms with Crippen molar-refractivity contribution in [1.82, 2.24) is 15.2 Å². The average Bonchev–Trinajstić information content (AvgIpc) is 2.99. The van der Waals surface area contributed by atoms with Crippen molar-refractivity contribution in [1.29, 1.82) is 0 Å². The van der Waals surface area contributed by atoms with Crippen molar-refractivity contribution < 1.29 is 23.0 Å². The molecule has 1 fully saturated rings. The first-order chi connectivity index (χ1) is 16.8. The van der Waals surface area contributed by atoms with Crippen LogP contribution in [0.4, 0.5) is 19.3 Å². The number of carbonyl (C=O) groups excluding carboxylic acids is 1. The summed E-state index contributed by atoms with van der Waals surface area (Å²) in [5, 5.41) is 8.75. The van der Waals surface area contributed by atoms with E-state index in [0.717, 1.165) is 43.0 Å². The summed E-state index contributed by atoms with van der Waals surface area (Å²) in [4.78, 5) is 17.3. The van der Waals surface area contributed by atoms with E-state index in [1.807, 2.05) is 31.2 Å². The zero-order valence-electron chi connectivity index (χ0n) is 20.4. The molecule has 1 atom stereocenters. The highest BCUT2D eigenvalue weighted by Crippen LogP contribution is 2.36. The third kappa shape index (κ3) is 5.32. The molecule has 0 spiro atoms. The van der Waals surface area contributed by atoms with E-state index < -0.39 is 6.61 Å². The number of piperazine rings is 1. The Morgan fingerprint density at radius 1 is 1.11 bits per heavy atom. The van der Waals surface area contributed by atoms with E-state index in [4.69, 9.17) is 14.6 Å². The Labute approximate surface area is 204 Å². The Hall–Kier alpha value is -3.40. The maximum atomic E-state index is 13.0. The van der Waals surface area contributed by atoms with Crippen LogP contribution >= 0.6 is 0 Å². The summed E-state index contributed by atoms with van der Waals surface area (Å²) >= 11 is 0. The van der Waals surface area contributed by atoms with Gasteiger partial charge in [0, 0.05) is 50.0 Å². The number of rotatable bonds is 5. The van der Waals surface area contributed by atoms with Gasteiger partial charge in [-0.3, -0.25) is 0 Å². The van der Waals surface area contributed by atoms with Gasteiger partial charge in [-0.1, -0.05) is 12.1 Å². The number of urea groups is 1. The quantitative estimate of drug-likeness (QED) is 0.700. The maximum Gasteiger partial charge on any atom is 0.387 e. The Bertz CT molecular complexity index is 1090. The standard InChI is InChI=1S/C25H31F2N5O3/c1-16-13-18-14-22(35-24(26)27)21(34-4)15-20(18)23(29-32(16)25(33)28-2)17-5-7-19(8-6-17)31-11-9-30(3)10-12-31/h5-8,14-16,24H,9-13H2,1-4H3,(H,28,33)/t16-/m1/s1. The number of fused-ring (bicyclic) bond motifs is 1. The maximum absolute atomic E-state index is 13.0. The Morgan fingerprint density at radius 3 is 2.40 bits per heavy atom. The molecule has 10 heteroatoms. The first kappa shape index (κ1) is 24.7. The molecular formula is C25H31F2N5O3. The largest absolute Gasteiger partial charge is 0.493 e. The minimum Gasteiger partial charge on any atom is -0.493 e. The average molecular weight is 488 g/mol. The summed E-state index contributed by atoms with van der Waals surface area (Å²) in [6.45, 7) is 2.78. The van der Waals surface area contributed by atoms with Gasteiger partial charge in [-0.25, -0.2) is 9.80 Å². The van der Waals surface area contributed by atoms with E-state index in [1.165, 1.54) is 12.1 Å². The molecule has 35 heavy (non-hydrogen) atoms. The Kier molecular flexibility index (Phi) is 7.39. The van der Waals surface area contributed by atoms with Crippen molar-refractivity contribution in [3.05, 3.63) is 53.1 Å². The lowest BCUT2D eigenvalue weighted by Gasteiger charge is -2.34. The second-order valence-electron chi connectivity index (χ2n) is 8.78. The number of hydrazone groups is 1. The second kappa shape index (κ2) is 10.5. The molecule has 0 aromatic heterocycles. The normalized spacial score (nSPS) is 18.6. The monoisotopic (exact) mass is 487 g/mol. The fourth-order valence-corrected chi connectivity index (χ4v) is 4.47. The number of halogens is 2. The Morgan fingerprint density at radius 2 is 1.80 bits per heavy atom. The molecule has 2 aliphatic rings. The van der Waals surface area contributed by atoms with Crippen LogP contribution in [0.25, 0.3) is 0 Å². The molecule has 4 rings (SSSR count). The lowest BCUT2D eigenvalue weighted by molar-refractivity contribution is -0.0512. The number of alkyl halides is 2. The minimum absolute atomic E-state index is 0.0494. The molecule has 0 radical (unpaired) electrons. The third-order valence-corrected chi connectivity index (χ3v) is 6.43. The highest BCUT2D eigenvalue weighted by Gasteiger charge is 2.29. The molecule has 2 aromatic carbocycles. The molecule has 2 heterocycles. The highest BCUT2D eigenvalue weighted by atomic mass is 19.3. The first-order valence-corrected chi connectivity index (χ1v) is 11.6. The Balaban J connectivity index is 1.77. The van der Waals surface area contributed by atoms with Gasteiger partial charge in [0.15, 0.2) is 11.5 Å². The van der Waals surface area contributed by atoms with E-state index >= 15 is 0 Å². The van der Waals surface area contributed by atoms with E-state index in [1.54, 1.807) is 19.2 Å². The number of methoxy groups -OCH3 is 1. The molecule has 1 N–H and O–H groups in total. The molecule has 2 amide bonds. The summed E-state index contributed by atoms with van der Waals surface area (Å²) in [7, 11) is 5.07. The number of hydrogen-bond acceptors (Lipinski definition) is 6. The molecule has 0 aliphatic carbocycles. The van der Waals surface area contributed by atoms with Crippen LogP contribution < -0.4 is 19.7 Å². The molecule has 0 saturated carbocycles. The minimum atomic E-state index is -2.98. The number of ether oxygens (including phenoxy) is 2. The lowest BCUT2D eigenvalue weighted by atomic mass is 9.94. The van der Waals surface area contributed by atoms with Gasteiger partial charge in [0.1, 0.15) is 0 Å². The van der Waals surface area contributed by atoms with Crippen LogP contribution in [0.3, 0.4) is 0 Å². The van der Waals surface area contributed by atoms with E-state index in [-0.39, 0.29) is 23.6 Å². The summed E-state index contributed by atoms with van der Waals surface area (Å²) in [5.74, 6) is 0.124. The van der Waals surface area contributed by atoms with Crippen LogP contribution in [0, 0.1) is 0 Å². The highest BCUT2D eigenvalue weighted by molar-refractivity contribution is 6.14. The predicted molar refractivity (Wildman–Crippen MR) is 131 cm³/mol. The lowest BCUT2D eigenvalue weighted by Crippen LogP contribution is -2.44. The number of nitrogens with zero attached hydrogens (tertiary/aromatic N) is 4. The van der Waals surface area contributed by atoms with Crippen molar-refractivity contribution in [2.75, 3.05) is 52.3 Å². The molecular weight excluding hydrogens is 456 g/mol. The zero-order chi connectivity index (χ0) is 25.1. The van der Waals surface area contributed by atoms with Crippen LogP contribution in [0.1, 0.15) is 23.6 Å². The molecule has 188 valence electrons. The summed E-state index contributed by atoms with van der Waals surface area (Å²) in [5.41, 5.74) is 3.92. The van der Waals surface area contributed by atoms with Crippen molar-refractivity contribution in [2.45, 2.75) is 26.0 Å². The molecule has 2 aromatic rings. The number of likely N-dealkylation sites (N-methyl/N-ethyl adjacent to an activating group) is 1. The number of hydrogen-bond donors (Lipinski definition) is 1. The molecule has 8 nitrogen and oxygen atoms in total. The van der Waals surface area contributed by atoms with E-state index in [0.29, 0.717) is 17.7 Å². The fourth-order valence-electron chi connectivity index (χ4n) is 4.47. The van der Waals surface area contributed by atoms with Crippen molar-refractivity contribution in [3.63, 3.8) is 0 Å². The van der Waals surface area contributed by atoms with Gasteiger partial charge in [-0.05, 0) is 50.2 Å². The molecule has 1 saturated heterocycles. The summed E-state index contributed by atoms with van der Waals surface area (Å²) in [6, 6.07) is 10.6. The van der Waals surface area contributed by atoms with Crippen LogP contribution in [0.2, 0.25) is 0 Å². The predicted octanol–water partition coefficient (Wildman–Crippen LogP) is 3.39. The second-order valence-corrected chi connectivity index (χ2v) is 8.78. The van der Waals surface area contributed by atoms with Crippen molar-refractivity contribution in [2.24, 2.45) is 5.10 Å². The van der Waals surface area contributed by atoms with Gasteiger partial charge in [0.25, 0.3) is 0 Å². The van der Waals surface area contributed by atoms with Crippen molar-refractivity contribution >= 4 is 17.4 Å². The number of nitrogens with one attached hydrogen (secondary N) is 1. The van der Waals surface area contributed by atoms with Crippen LogP contribution in [0.15, 0.2) is 41.5 Å².